The topological polar surface area (TPSA) is 69.9 Å². The molecule has 1 aromatic rings. The molecule has 0 amide bonds. The Kier molecular flexibility index (Phi) is 4.50. The Labute approximate surface area is 110 Å². The predicted octanol–water partition coefficient (Wildman–Crippen LogP) is 3.48. The molecule has 0 bridgehead atoms. The molecule has 96 valence electrons. The van der Waals surface area contributed by atoms with E-state index in [0.29, 0.717) is 11.3 Å². The second-order valence-electron chi connectivity index (χ2n) is 3.91. The van der Waals surface area contributed by atoms with Gasteiger partial charge in [0.05, 0.1) is 16.3 Å². The highest BCUT2D eigenvalue weighted by Crippen LogP contribution is 2.31. The molecule has 0 aliphatic carbocycles. The number of carbonyl (C=O) groups is 1. The molecule has 0 saturated heterocycles. The summed E-state index contributed by atoms with van der Waals surface area (Å²) in [5.74, 6) is -0.357. The monoisotopic (exact) mass is 267 g/mol. The Morgan fingerprint density at radius 3 is 2.44 bits per heavy atom. The summed E-state index contributed by atoms with van der Waals surface area (Å²) in [6.07, 6.45) is 1.28. The van der Waals surface area contributed by atoms with Gasteiger partial charge in [-0.1, -0.05) is 11.6 Å². The summed E-state index contributed by atoms with van der Waals surface area (Å²) in [7, 11) is 0. The number of hydrogen-bond acceptors (Lipinski definition) is 4. The summed E-state index contributed by atoms with van der Waals surface area (Å²) in [5, 5.41) is 19.0. The van der Waals surface area contributed by atoms with Crippen molar-refractivity contribution in [3.05, 3.63) is 34.1 Å². The van der Waals surface area contributed by atoms with Crippen LogP contribution in [0.5, 0.6) is 5.75 Å². The summed E-state index contributed by atoms with van der Waals surface area (Å²) >= 11 is 5.81. The number of ketones is 1. The minimum absolute atomic E-state index is 0.0105. The molecule has 2 N–H and O–H groups in total. The Morgan fingerprint density at radius 1 is 1.39 bits per heavy atom. The van der Waals surface area contributed by atoms with Gasteiger partial charge in [-0.15, -0.1) is 0 Å². The van der Waals surface area contributed by atoms with Crippen molar-refractivity contribution in [2.75, 3.05) is 0 Å². The third-order valence-electron chi connectivity index (χ3n) is 2.35. The van der Waals surface area contributed by atoms with Crippen molar-refractivity contribution in [1.29, 1.82) is 0 Å². The van der Waals surface area contributed by atoms with Crippen LogP contribution < -0.4 is 0 Å². The van der Waals surface area contributed by atoms with Crippen molar-refractivity contribution in [2.45, 2.75) is 20.8 Å². The summed E-state index contributed by atoms with van der Waals surface area (Å²) in [5.41, 5.74) is 1.22. The minimum atomic E-state index is -0.277. The van der Waals surface area contributed by atoms with Crippen molar-refractivity contribution in [2.24, 2.45) is 4.99 Å². The van der Waals surface area contributed by atoms with Crippen LogP contribution in [0, 0.1) is 6.92 Å². The number of aryl methyl sites for hydroxylation is 1. The first-order valence-corrected chi connectivity index (χ1v) is 5.64. The molecule has 4 nitrogen and oxygen atoms in total. The largest absolute Gasteiger partial charge is 0.512 e. The zero-order chi connectivity index (χ0) is 13.9. The number of carbonyl (C=O) groups excluding carboxylic acids is 1. The number of phenolic OH excluding ortho intramolecular Hbond substituents is 1. The molecule has 0 saturated carbocycles. The Hall–Kier alpha value is -1.81. The number of rotatable bonds is 3. The summed E-state index contributed by atoms with van der Waals surface area (Å²) < 4.78 is 0. The van der Waals surface area contributed by atoms with Crippen LogP contribution in [0.4, 0.5) is 5.69 Å². The van der Waals surface area contributed by atoms with Gasteiger partial charge in [0.1, 0.15) is 11.5 Å². The first-order valence-electron chi connectivity index (χ1n) is 5.27. The number of phenols is 1. The number of halogens is 1. The lowest BCUT2D eigenvalue weighted by atomic mass is 10.1. The van der Waals surface area contributed by atoms with E-state index in [1.54, 1.807) is 13.0 Å². The molecule has 0 fully saturated rings. The molecule has 0 atom stereocenters. The highest BCUT2D eigenvalue weighted by Gasteiger charge is 2.06. The number of allylic oxidation sites excluding steroid dienone is 2. The van der Waals surface area contributed by atoms with E-state index in [1.165, 1.54) is 26.1 Å². The van der Waals surface area contributed by atoms with Crippen molar-refractivity contribution >= 4 is 29.3 Å². The molecule has 18 heavy (non-hydrogen) atoms. The van der Waals surface area contributed by atoms with E-state index < -0.39 is 0 Å². The van der Waals surface area contributed by atoms with E-state index in [9.17, 15) is 15.0 Å². The van der Waals surface area contributed by atoms with Crippen LogP contribution in [-0.2, 0) is 4.79 Å². The van der Waals surface area contributed by atoms with Crippen molar-refractivity contribution in [3.8, 4) is 5.75 Å². The minimum Gasteiger partial charge on any atom is -0.512 e. The average molecular weight is 268 g/mol. The fraction of sp³-hybridized carbons (Fsp3) is 0.231. The van der Waals surface area contributed by atoms with Gasteiger partial charge in [-0.2, -0.15) is 0 Å². The van der Waals surface area contributed by atoms with Crippen molar-refractivity contribution in [1.82, 2.24) is 0 Å². The molecule has 0 unspecified atom stereocenters. The van der Waals surface area contributed by atoms with Crippen molar-refractivity contribution < 1.29 is 15.0 Å². The smallest absolute Gasteiger partial charge is 0.164 e. The lowest BCUT2D eigenvalue weighted by molar-refractivity contribution is -0.113. The standard InChI is InChI=1S/C13H14ClNO3/c1-7-4-10(5-12(14)13(7)18)15-6-11(8(2)16)9(3)17/h4-6,16,18H,1-3H3. The van der Waals surface area contributed by atoms with Crippen LogP contribution >= 0.6 is 11.6 Å². The molecule has 1 aromatic carbocycles. The van der Waals surface area contributed by atoms with Gasteiger partial charge in [-0.25, -0.2) is 0 Å². The van der Waals surface area contributed by atoms with Gasteiger partial charge in [-0.05, 0) is 38.5 Å². The first-order chi connectivity index (χ1) is 8.32. The maximum atomic E-state index is 11.2. The highest BCUT2D eigenvalue weighted by atomic mass is 35.5. The van der Waals surface area contributed by atoms with Gasteiger partial charge >= 0.3 is 0 Å². The first kappa shape index (κ1) is 14.3. The van der Waals surface area contributed by atoms with E-state index in [-0.39, 0.29) is 27.9 Å². The Bertz CT molecular complexity index is 520. The van der Waals surface area contributed by atoms with Crippen LogP contribution in [0.15, 0.2) is 28.5 Å². The zero-order valence-corrected chi connectivity index (χ0v) is 11.1. The van der Waals surface area contributed by atoms with Crippen LogP contribution in [0.1, 0.15) is 19.4 Å². The van der Waals surface area contributed by atoms with E-state index in [4.69, 9.17) is 11.6 Å². The fourth-order valence-corrected chi connectivity index (χ4v) is 1.63. The number of Topliss-reactive ketones (excluding diaryl/α,β-unsaturated/α-hetero) is 1. The van der Waals surface area contributed by atoms with E-state index >= 15 is 0 Å². The number of aliphatic hydroxyl groups excluding tert-OH is 1. The zero-order valence-electron chi connectivity index (χ0n) is 10.4. The lowest BCUT2D eigenvalue weighted by Crippen LogP contribution is -2.01. The van der Waals surface area contributed by atoms with Gasteiger partial charge in [0, 0.05) is 6.21 Å². The molecule has 0 heterocycles. The quantitative estimate of drug-likeness (QED) is 0.500. The molecule has 0 aliphatic heterocycles. The number of nitrogens with zero attached hydrogens (tertiary/aromatic N) is 1. The third kappa shape index (κ3) is 3.34. The predicted molar refractivity (Wildman–Crippen MR) is 72.0 cm³/mol. The highest BCUT2D eigenvalue weighted by molar-refractivity contribution is 6.32. The van der Waals surface area contributed by atoms with Crippen LogP contribution in [0.2, 0.25) is 5.02 Å². The second kappa shape index (κ2) is 5.69. The average Bonchev–Trinajstić information content (AvgIpc) is 2.24. The summed E-state index contributed by atoms with van der Waals surface area (Å²) in [6, 6.07) is 3.10. The molecule has 0 radical (unpaired) electrons. The lowest BCUT2D eigenvalue weighted by Gasteiger charge is -2.03. The van der Waals surface area contributed by atoms with Crippen molar-refractivity contribution in [3.63, 3.8) is 0 Å². The maximum Gasteiger partial charge on any atom is 0.164 e. The molecular weight excluding hydrogens is 254 g/mol. The summed E-state index contributed by atoms with van der Waals surface area (Å²) in [4.78, 5) is 15.3. The Balaban J connectivity index is 3.12. The molecule has 1 rings (SSSR count). The molecule has 0 aliphatic rings. The second-order valence-corrected chi connectivity index (χ2v) is 4.31. The van der Waals surface area contributed by atoms with E-state index in [1.807, 2.05) is 0 Å². The SMILES string of the molecule is CC(=O)C(C=Nc1cc(C)c(O)c(Cl)c1)=C(C)O. The molecular formula is C13H14ClNO3. The van der Waals surface area contributed by atoms with Crippen LogP contribution in [0.3, 0.4) is 0 Å². The van der Waals surface area contributed by atoms with Gasteiger partial charge in [0.15, 0.2) is 5.78 Å². The number of hydrogen-bond donors (Lipinski definition) is 2. The van der Waals surface area contributed by atoms with E-state index in [0.717, 1.165) is 0 Å². The molecule has 5 heteroatoms. The number of aliphatic hydroxyl groups is 1. The van der Waals surface area contributed by atoms with Gasteiger partial charge < -0.3 is 10.2 Å². The van der Waals surface area contributed by atoms with Gasteiger partial charge in [-0.3, -0.25) is 9.79 Å². The molecule has 0 spiro atoms. The number of aromatic hydroxyl groups is 1. The third-order valence-corrected chi connectivity index (χ3v) is 2.64. The maximum absolute atomic E-state index is 11.2. The van der Waals surface area contributed by atoms with Crippen LogP contribution in [-0.4, -0.2) is 22.2 Å². The Morgan fingerprint density at radius 2 is 2.00 bits per heavy atom. The number of aliphatic imine (C=N–C) groups is 1. The molecule has 0 aromatic heterocycles. The number of benzene rings is 1. The van der Waals surface area contributed by atoms with Gasteiger partial charge in [0.2, 0.25) is 0 Å². The summed E-state index contributed by atoms with van der Waals surface area (Å²) in [6.45, 7) is 4.45. The van der Waals surface area contributed by atoms with E-state index in [2.05, 4.69) is 4.99 Å². The fourth-order valence-electron chi connectivity index (χ4n) is 1.37. The van der Waals surface area contributed by atoms with Gasteiger partial charge in [0.25, 0.3) is 0 Å². The van der Waals surface area contributed by atoms with Crippen LogP contribution in [0.25, 0.3) is 0 Å². The normalized spacial score (nSPS) is 12.7.